The summed E-state index contributed by atoms with van der Waals surface area (Å²) in [5.41, 5.74) is 7.81. The largest absolute Gasteiger partial charge is 0.507 e. The van der Waals surface area contributed by atoms with Crippen molar-refractivity contribution in [3.63, 3.8) is 0 Å². The maximum absolute atomic E-state index is 11.1. The minimum atomic E-state index is -0.494. The molecule has 0 saturated carbocycles. The molecule has 7 nitrogen and oxygen atoms in total. The molecule has 2 aromatic rings. The molecule has 0 amide bonds. The molecule has 25 heavy (non-hydrogen) atoms. The van der Waals surface area contributed by atoms with Gasteiger partial charge in [-0.2, -0.15) is 5.10 Å². The Kier molecular flexibility index (Phi) is 6.13. The van der Waals surface area contributed by atoms with Crippen LogP contribution in [0.25, 0.3) is 0 Å². The number of amidine groups is 1. The molecule has 8 heteroatoms. The predicted molar refractivity (Wildman–Crippen MR) is 101 cm³/mol. The molecule has 2 aromatic carbocycles. The Bertz CT molecular complexity index is 836. The van der Waals surface area contributed by atoms with Crippen molar-refractivity contribution in [2.24, 2.45) is 15.9 Å². The molecule has 2 rings (SSSR count). The first-order valence-electron chi connectivity index (χ1n) is 7.41. The molecular weight excluding hydrogens is 340 g/mol. The van der Waals surface area contributed by atoms with E-state index in [0.29, 0.717) is 16.9 Å². The average Bonchev–Trinajstić information content (AvgIpc) is 2.60. The third kappa shape index (κ3) is 4.80. The van der Waals surface area contributed by atoms with Crippen LogP contribution in [0.2, 0.25) is 0 Å². The lowest BCUT2D eigenvalue weighted by Crippen LogP contribution is -2.06. The Morgan fingerprint density at radius 2 is 2.04 bits per heavy atom. The first kappa shape index (κ1) is 18.5. The predicted octanol–water partition coefficient (Wildman–Crippen LogP) is 3.50. The maximum Gasteiger partial charge on any atom is 0.273 e. The van der Waals surface area contributed by atoms with Crippen LogP contribution in [-0.4, -0.2) is 21.4 Å². The quantitative estimate of drug-likeness (QED) is 0.367. The van der Waals surface area contributed by atoms with Gasteiger partial charge in [0.1, 0.15) is 5.75 Å². The highest BCUT2D eigenvalue weighted by atomic mass is 32.2. The zero-order valence-electron chi connectivity index (χ0n) is 13.8. The van der Waals surface area contributed by atoms with Crippen LogP contribution in [-0.2, 0) is 5.75 Å². The van der Waals surface area contributed by atoms with Crippen molar-refractivity contribution in [3.05, 3.63) is 68.8 Å². The van der Waals surface area contributed by atoms with Crippen LogP contribution in [0, 0.1) is 24.0 Å². The Hall–Kier alpha value is -2.87. The average molecular weight is 358 g/mol. The molecule has 0 bridgehead atoms. The van der Waals surface area contributed by atoms with Crippen LogP contribution in [0.15, 0.2) is 46.6 Å². The molecular formula is C17H18N4O3S. The first-order valence-corrected chi connectivity index (χ1v) is 8.39. The summed E-state index contributed by atoms with van der Waals surface area (Å²) in [5, 5.41) is 29.2. The Morgan fingerprint density at radius 3 is 2.68 bits per heavy atom. The number of phenolic OH excluding ortho intramolecular Hbond substituents is 1. The molecule has 0 aliphatic heterocycles. The summed E-state index contributed by atoms with van der Waals surface area (Å²) in [6, 6.07) is 11.1. The fraction of sp³-hybridized carbons (Fsp3) is 0.176. The van der Waals surface area contributed by atoms with Crippen LogP contribution in [0.4, 0.5) is 5.69 Å². The van der Waals surface area contributed by atoms with Crippen LogP contribution in [0.1, 0.15) is 22.3 Å². The van der Waals surface area contributed by atoms with E-state index in [0.717, 1.165) is 5.56 Å². The minimum Gasteiger partial charge on any atom is -0.507 e. The van der Waals surface area contributed by atoms with Crippen molar-refractivity contribution in [1.29, 1.82) is 0 Å². The molecule has 130 valence electrons. The fourth-order valence-electron chi connectivity index (χ4n) is 2.16. The summed E-state index contributed by atoms with van der Waals surface area (Å²) in [5.74, 6) is 0.601. The van der Waals surface area contributed by atoms with Gasteiger partial charge in [0.15, 0.2) is 5.17 Å². The molecule has 3 N–H and O–H groups in total. The number of rotatable bonds is 5. The second-order valence-electron chi connectivity index (χ2n) is 5.31. The monoisotopic (exact) mass is 358 g/mol. The van der Waals surface area contributed by atoms with Gasteiger partial charge in [-0.25, -0.2) is 0 Å². The number of aryl methyl sites for hydroxylation is 1. The zero-order chi connectivity index (χ0) is 18.4. The van der Waals surface area contributed by atoms with E-state index in [-0.39, 0.29) is 22.2 Å². The number of nitrogens with zero attached hydrogens (tertiary/aromatic N) is 3. The van der Waals surface area contributed by atoms with E-state index in [1.807, 2.05) is 30.3 Å². The third-order valence-electron chi connectivity index (χ3n) is 3.54. The van der Waals surface area contributed by atoms with Crippen molar-refractivity contribution in [3.8, 4) is 5.75 Å². The molecule has 0 atom stereocenters. The molecule has 0 saturated heterocycles. The second kappa shape index (κ2) is 8.29. The lowest BCUT2D eigenvalue weighted by atomic mass is 10.0. The first-order chi connectivity index (χ1) is 11.9. The SMILES string of the molecule is Cc1cc([N+](=O)[O-])c(C)c(C=NN=C(N)SCc2ccccc2)c1O. The fourth-order valence-corrected chi connectivity index (χ4v) is 2.77. The van der Waals surface area contributed by atoms with E-state index in [9.17, 15) is 15.2 Å². The van der Waals surface area contributed by atoms with Crippen LogP contribution >= 0.6 is 11.8 Å². The Labute approximate surface area is 149 Å². The molecule has 0 radical (unpaired) electrons. The molecule has 0 unspecified atom stereocenters. The molecule has 0 aromatic heterocycles. The van der Waals surface area contributed by atoms with Gasteiger partial charge in [-0.05, 0) is 25.0 Å². The number of phenols is 1. The van der Waals surface area contributed by atoms with Gasteiger partial charge in [0.05, 0.1) is 11.1 Å². The summed E-state index contributed by atoms with van der Waals surface area (Å²) in [6.45, 7) is 3.14. The lowest BCUT2D eigenvalue weighted by Gasteiger charge is -2.07. The standard InChI is InChI=1S/C17H18N4O3S/c1-11-8-15(21(23)24)12(2)14(16(11)22)9-19-20-17(18)25-10-13-6-4-3-5-7-13/h3-9,22H,10H2,1-2H3,(H2,18,20). The van der Waals surface area contributed by atoms with Crippen molar-refractivity contribution in [1.82, 2.24) is 0 Å². The van der Waals surface area contributed by atoms with Gasteiger partial charge in [0.2, 0.25) is 0 Å². The number of hydrogen-bond donors (Lipinski definition) is 2. The lowest BCUT2D eigenvalue weighted by molar-refractivity contribution is -0.385. The topological polar surface area (TPSA) is 114 Å². The number of nitro groups is 1. The van der Waals surface area contributed by atoms with Gasteiger partial charge >= 0.3 is 0 Å². The van der Waals surface area contributed by atoms with Crippen molar-refractivity contribution in [2.45, 2.75) is 19.6 Å². The summed E-state index contributed by atoms with van der Waals surface area (Å²) in [4.78, 5) is 10.6. The van der Waals surface area contributed by atoms with E-state index in [2.05, 4.69) is 10.2 Å². The van der Waals surface area contributed by atoms with Crippen molar-refractivity contribution >= 4 is 28.8 Å². The number of thioether (sulfide) groups is 1. The normalized spacial score (nSPS) is 11.8. The highest BCUT2D eigenvalue weighted by Crippen LogP contribution is 2.31. The van der Waals surface area contributed by atoms with Crippen LogP contribution in [0.3, 0.4) is 0 Å². The van der Waals surface area contributed by atoms with Gasteiger partial charge in [0.25, 0.3) is 5.69 Å². The van der Waals surface area contributed by atoms with Crippen molar-refractivity contribution in [2.75, 3.05) is 0 Å². The van der Waals surface area contributed by atoms with Crippen LogP contribution < -0.4 is 5.73 Å². The smallest absolute Gasteiger partial charge is 0.273 e. The number of nitrogens with two attached hydrogens (primary N) is 1. The van der Waals surface area contributed by atoms with Gasteiger partial charge in [-0.3, -0.25) is 10.1 Å². The molecule has 0 spiro atoms. The summed E-state index contributed by atoms with van der Waals surface area (Å²) < 4.78 is 0. The van der Waals surface area contributed by atoms with Crippen molar-refractivity contribution < 1.29 is 10.0 Å². The van der Waals surface area contributed by atoms with E-state index in [1.54, 1.807) is 13.8 Å². The van der Waals surface area contributed by atoms with Gasteiger partial charge in [-0.1, -0.05) is 42.1 Å². The van der Waals surface area contributed by atoms with Crippen LogP contribution in [0.5, 0.6) is 5.75 Å². The minimum absolute atomic E-state index is 0.0578. The number of nitro benzene ring substituents is 1. The van der Waals surface area contributed by atoms with E-state index < -0.39 is 4.92 Å². The highest BCUT2D eigenvalue weighted by Gasteiger charge is 2.18. The Morgan fingerprint density at radius 1 is 1.36 bits per heavy atom. The third-order valence-corrected chi connectivity index (χ3v) is 4.39. The highest BCUT2D eigenvalue weighted by molar-refractivity contribution is 8.13. The van der Waals surface area contributed by atoms with Gasteiger partial charge in [-0.15, -0.1) is 5.10 Å². The van der Waals surface area contributed by atoms with E-state index >= 15 is 0 Å². The van der Waals surface area contributed by atoms with Gasteiger partial charge in [0, 0.05) is 22.9 Å². The second-order valence-corrected chi connectivity index (χ2v) is 6.31. The maximum atomic E-state index is 11.1. The molecule has 0 aliphatic carbocycles. The Balaban J connectivity index is 2.14. The van der Waals surface area contributed by atoms with E-state index in [1.165, 1.54) is 24.0 Å². The number of hydrogen-bond acceptors (Lipinski definition) is 6. The summed E-state index contributed by atoms with van der Waals surface area (Å²) in [6.07, 6.45) is 1.28. The summed E-state index contributed by atoms with van der Waals surface area (Å²) >= 11 is 1.33. The molecule has 0 heterocycles. The zero-order valence-corrected chi connectivity index (χ0v) is 14.7. The number of aromatic hydroxyl groups is 1. The van der Waals surface area contributed by atoms with E-state index in [4.69, 9.17) is 5.73 Å². The molecule has 0 fully saturated rings. The van der Waals surface area contributed by atoms with Gasteiger partial charge < -0.3 is 10.8 Å². The molecule has 0 aliphatic rings. The summed E-state index contributed by atoms with van der Waals surface area (Å²) in [7, 11) is 0. The number of benzene rings is 2.